The highest BCUT2D eigenvalue weighted by molar-refractivity contribution is 14.0. The third kappa shape index (κ3) is 6.34. The number of sulfonamides is 1. The molecule has 10 heteroatoms. The highest BCUT2D eigenvalue weighted by Crippen LogP contribution is 2.29. The standard InChI is InChI=1S/C21H31N5O3S.HI/c1-4-16(5-2)19-14-18(29-25-19)15-24-21(22-3)23-11-13-30(27,28)26-12-10-17-8-6-7-9-20(17)26;/h6-9,14,16H,4-5,10-13,15H2,1-3H3,(H2,22,23,24);1H. The van der Waals surface area contributed by atoms with Crippen molar-refractivity contribution in [2.45, 2.75) is 45.6 Å². The van der Waals surface area contributed by atoms with Gasteiger partial charge in [-0.05, 0) is 30.9 Å². The Labute approximate surface area is 201 Å². The smallest absolute Gasteiger partial charge is 0.236 e. The van der Waals surface area contributed by atoms with Crippen molar-refractivity contribution in [3.63, 3.8) is 0 Å². The molecule has 0 spiro atoms. The van der Waals surface area contributed by atoms with Gasteiger partial charge < -0.3 is 15.2 Å². The molecule has 0 amide bonds. The summed E-state index contributed by atoms with van der Waals surface area (Å²) >= 11 is 0. The molecule has 31 heavy (non-hydrogen) atoms. The maximum atomic E-state index is 12.8. The van der Waals surface area contributed by atoms with Gasteiger partial charge in [0.15, 0.2) is 11.7 Å². The molecule has 0 unspecified atom stereocenters. The van der Waals surface area contributed by atoms with E-state index in [0.29, 0.717) is 25.0 Å². The molecular weight excluding hydrogens is 529 g/mol. The number of hydrogen-bond donors (Lipinski definition) is 2. The Balaban J connectivity index is 0.00000341. The van der Waals surface area contributed by atoms with E-state index in [1.807, 2.05) is 30.3 Å². The van der Waals surface area contributed by atoms with E-state index in [0.717, 1.165) is 42.0 Å². The number of nitrogens with zero attached hydrogens (tertiary/aromatic N) is 3. The first-order valence-electron chi connectivity index (χ1n) is 10.5. The zero-order chi connectivity index (χ0) is 21.6. The molecule has 3 rings (SSSR count). The summed E-state index contributed by atoms with van der Waals surface area (Å²) in [5.41, 5.74) is 2.83. The summed E-state index contributed by atoms with van der Waals surface area (Å²) in [5, 5.41) is 10.4. The van der Waals surface area contributed by atoms with Crippen LogP contribution in [0.3, 0.4) is 0 Å². The fourth-order valence-electron chi connectivity index (χ4n) is 3.71. The van der Waals surface area contributed by atoms with E-state index in [4.69, 9.17) is 4.52 Å². The van der Waals surface area contributed by atoms with Gasteiger partial charge in [-0.1, -0.05) is 37.2 Å². The van der Waals surface area contributed by atoms with Crippen molar-refractivity contribution in [1.29, 1.82) is 0 Å². The number of benzene rings is 1. The molecule has 2 heterocycles. The van der Waals surface area contributed by atoms with E-state index in [2.05, 4.69) is 34.6 Å². The van der Waals surface area contributed by atoms with Crippen LogP contribution in [0.5, 0.6) is 0 Å². The summed E-state index contributed by atoms with van der Waals surface area (Å²) in [6.45, 7) is 5.47. The van der Waals surface area contributed by atoms with Gasteiger partial charge in [0.25, 0.3) is 0 Å². The normalized spacial score (nSPS) is 13.8. The third-order valence-electron chi connectivity index (χ3n) is 5.47. The second-order valence-corrected chi connectivity index (χ2v) is 9.36. The number of anilines is 1. The van der Waals surface area contributed by atoms with E-state index >= 15 is 0 Å². The lowest BCUT2D eigenvalue weighted by Gasteiger charge is -2.20. The lowest BCUT2D eigenvalue weighted by Crippen LogP contribution is -2.41. The molecule has 8 nitrogen and oxygen atoms in total. The number of aromatic nitrogens is 1. The third-order valence-corrected chi connectivity index (χ3v) is 7.24. The van der Waals surface area contributed by atoms with Crippen LogP contribution in [0.1, 0.15) is 49.6 Å². The Morgan fingerprint density at radius 2 is 2.00 bits per heavy atom. The first-order valence-corrected chi connectivity index (χ1v) is 12.1. The Morgan fingerprint density at radius 3 is 2.71 bits per heavy atom. The van der Waals surface area contributed by atoms with Crippen LogP contribution in [0.25, 0.3) is 0 Å². The van der Waals surface area contributed by atoms with Crippen LogP contribution < -0.4 is 14.9 Å². The minimum atomic E-state index is -3.40. The summed E-state index contributed by atoms with van der Waals surface area (Å²) in [4.78, 5) is 4.15. The van der Waals surface area contributed by atoms with Gasteiger partial charge in [-0.25, -0.2) is 8.42 Å². The Bertz CT molecular complexity index is 973. The first-order chi connectivity index (χ1) is 14.5. The fourth-order valence-corrected chi connectivity index (χ4v) is 5.14. The van der Waals surface area contributed by atoms with E-state index < -0.39 is 10.0 Å². The summed E-state index contributed by atoms with van der Waals surface area (Å²) in [5.74, 6) is 1.64. The van der Waals surface area contributed by atoms with Crippen molar-refractivity contribution < 1.29 is 12.9 Å². The average molecular weight is 561 g/mol. The second-order valence-electron chi connectivity index (χ2n) is 7.35. The highest BCUT2D eigenvalue weighted by Gasteiger charge is 2.28. The molecule has 2 N–H and O–H groups in total. The predicted molar refractivity (Wildman–Crippen MR) is 135 cm³/mol. The number of aliphatic imine (C=N–C) groups is 1. The van der Waals surface area contributed by atoms with Gasteiger partial charge in [0, 0.05) is 32.1 Å². The van der Waals surface area contributed by atoms with Crippen LogP contribution >= 0.6 is 24.0 Å². The quantitative estimate of drug-likeness (QED) is 0.277. The summed E-state index contributed by atoms with van der Waals surface area (Å²) in [7, 11) is -1.75. The Kier molecular flexibility index (Phi) is 9.60. The van der Waals surface area contributed by atoms with Gasteiger partial charge in [0.2, 0.25) is 10.0 Å². The van der Waals surface area contributed by atoms with Crippen LogP contribution in [0.4, 0.5) is 5.69 Å². The SMILES string of the molecule is CCC(CC)c1cc(CNC(=NC)NCCS(=O)(=O)N2CCc3ccccc32)on1.I. The molecule has 0 radical (unpaired) electrons. The van der Waals surface area contributed by atoms with Crippen LogP contribution in [-0.4, -0.2) is 45.4 Å². The highest BCUT2D eigenvalue weighted by atomic mass is 127. The molecule has 1 aromatic heterocycles. The molecule has 0 saturated carbocycles. The topological polar surface area (TPSA) is 99.8 Å². The molecule has 1 aliphatic heterocycles. The summed E-state index contributed by atoms with van der Waals surface area (Å²) < 4.78 is 32.5. The van der Waals surface area contributed by atoms with Gasteiger partial charge in [-0.15, -0.1) is 24.0 Å². The number of para-hydroxylation sites is 1. The van der Waals surface area contributed by atoms with Crippen molar-refractivity contribution in [3.8, 4) is 0 Å². The van der Waals surface area contributed by atoms with Gasteiger partial charge in [-0.2, -0.15) is 0 Å². The number of halogens is 1. The number of hydrogen-bond acceptors (Lipinski definition) is 5. The van der Waals surface area contributed by atoms with Crippen molar-refractivity contribution in [1.82, 2.24) is 15.8 Å². The second kappa shape index (κ2) is 11.7. The van der Waals surface area contributed by atoms with Crippen LogP contribution in [0, 0.1) is 0 Å². The first kappa shape index (κ1) is 25.4. The van der Waals surface area contributed by atoms with Crippen LogP contribution in [0.15, 0.2) is 39.8 Å². The Morgan fingerprint density at radius 1 is 1.26 bits per heavy atom. The van der Waals surface area contributed by atoms with Crippen molar-refractivity contribution >= 4 is 45.6 Å². The molecule has 1 aromatic carbocycles. The van der Waals surface area contributed by atoms with Gasteiger partial charge in [0.1, 0.15) is 0 Å². The lowest BCUT2D eigenvalue weighted by molar-refractivity contribution is 0.368. The van der Waals surface area contributed by atoms with E-state index in [1.165, 1.54) is 4.31 Å². The summed E-state index contributed by atoms with van der Waals surface area (Å²) in [6.07, 6.45) is 2.80. The number of rotatable bonds is 9. The van der Waals surface area contributed by atoms with E-state index in [-0.39, 0.29) is 36.3 Å². The van der Waals surface area contributed by atoms with Crippen molar-refractivity contribution in [3.05, 3.63) is 47.3 Å². The zero-order valence-electron chi connectivity index (χ0n) is 18.3. The molecule has 0 atom stereocenters. The van der Waals surface area contributed by atoms with Gasteiger partial charge in [-0.3, -0.25) is 9.30 Å². The molecule has 2 aromatic rings. The monoisotopic (exact) mass is 561 g/mol. The zero-order valence-corrected chi connectivity index (χ0v) is 21.4. The lowest BCUT2D eigenvalue weighted by atomic mass is 9.99. The Hall–Kier alpha value is -1.82. The number of fused-ring (bicyclic) bond motifs is 1. The number of guanidine groups is 1. The van der Waals surface area contributed by atoms with Crippen molar-refractivity contribution in [2.24, 2.45) is 4.99 Å². The molecule has 0 fully saturated rings. The molecule has 172 valence electrons. The minimum absolute atomic E-state index is 0. The van der Waals surface area contributed by atoms with Crippen LogP contribution in [-0.2, 0) is 23.0 Å². The van der Waals surface area contributed by atoms with E-state index in [9.17, 15) is 8.42 Å². The maximum Gasteiger partial charge on any atom is 0.236 e. The van der Waals surface area contributed by atoms with Gasteiger partial charge in [0.05, 0.1) is 23.7 Å². The minimum Gasteiger partial charge on any atom is -0.359 e. The molecular formula is C21H32IN5O3S. The largest absolute Gasteiger partial charge is 0.359 e. The molecule has 0 bridgehead atoms. The molecule has 0 aliphatic carbocycles. The van der Waals surface area contributed by atoms with Gasteiger partial charge >= 0.3 is 0 Å². The average Bonchev–Trinajstić information content (AvgIpc) is 3.39. The molecule has 0 saturated heterocycles. The number of nitrogens with one attached hydrogen (secondary N) is 2. The maximum absolute atomic E-state index is 12.8. The molecule has 1 aliphatic rings. The van der Waals surface area contributed by atoms with Crippen LogP contribution in [0.2, 0.25) is 0 Å². The predicted octanol–water partition coefficient (Wildman–Crippen LogP) is 3.25. The van der Waals surface area contributed by atoms with E-state index in [1.54, 1.807) is 7.05 Å². The van der Waals surface area contributed by atoms with Crippen molar-refractivity contribution in [2.75, 3.05) is 30.2 Å². The summed E-state index contributed by atoms with van der Waals surface area (Å²) in [6, 6.07) is 9.62. The fraction of sp³-hybridized carbons (Fsp3) is 0.524.